The second-order valence-corrected chi connectivity index (χ2v) is 8.16. The number of hydrogen-bond acceptors (Lipinski definition) is 9. The number of carboxylic acids is 1. The number of ether oxygens (including phenoxy) is 2. The molecule has 0 saturated carbocycles. The number of benzene rings is 2. The molecule has 41 heavy (non-hydrogen) atoms. The number of nitrogen functional groups attached to an aromatic ring is 1. The molecule has 0 saturated heterocycles. The van der Waals surface area contributed by atoms with Crippen molar-refractivity contribution in [3.63, 3.8) is 0 Å². The van der Waals surface area contributed by atoms with Crippen molar-refractivity contribution in [2.45, 2.75) is 19.9 Å². The van der Waals surface area contributed by atoms with Crippen molar-refractivity contribution >= 4 is 17.5 Å². The summed E-state index contributed by atoms with van der Waals surface area (Å²) in [6.07, 6.45) is 2.91. The summed E-state index contributed by atoms with van der Waals surface area (Å²) in [5.41, 5.74) is 5.91. The smallest absolute Gasteiger partial charge is 0.350 e. The first-order valence-electron chi connectivity index (χ1n) is 12.2. The van der Waals surface area contributed by atoms with Crippen LogP contribution in [0.25, 0.3) is 5.95 Å². The molecule has 13 nitrogen and oxygen atoms in total. The van der Waals surface area contributed by atoms with E-state index in [-0.39, 0.29) is 47.9 Å². The molecule has 0 fully saturated rings. The van der Waals surface area contributed by atoms with Gasteiger partial charge in [-0.2, -0.15) is 0 Å². The maximum Gasteiger partial charge on any atom is 0.350 e. The van der Waals surface area contributed by atoms with Gasteiger partial charge < -0.3 is 25.6 Å². The molecule has 2 aromatic carbocycles. The zero-order chi connectivity index (χ0) is 29.9. The van der Waals surface area contributed by atoms with E-state index in [9.17, 15) is 9.18 Å². The van der Waals surface area contributed by atoms with E-state index in [4.69, 9.17) is 30.5 Å². The maximum absolute atomic E-state index is 15.7. The van der Waals surface area contributed by atoms with Crippen LogP contribution in [0.3, 0.4) is 0 Å². The lowest BCUT2D eigenvalue weighted by atomic mass is 10.0. The Bertz CT molecular complexity index is 1520. The first kappa shape index (κ1) is 30.2. The summed E-state index contributed by atoms with van der Waals surface area (Å²) in [5, 5.41) is 22.4. The number of halogens is 2. The van der Waals surface area contributed by atoms with Gasteiger partial charge in [-0.25, -0.2) is 23.5 Å². The lowest BCUT2D eigenvalue weighted by Gasteiger charge is -2.21. The molecule has 0 spiro atoms. The largest absolute Gasteiger partial charge is 0.491 e. The maximum atomic E-state index is 15.7. The predicted molar refractivity (Wildman–Crippen MR) is 145 cm³/mol. The summed E-state index contributed by atoms with van der Waals surface area (Å²) in [7, 11) is 0. The van der Waals surface area contributed by atoms with Gasteiger partial charge in [0.25, 0.3) is 11.9 Å². The van der Waals surface area contributed by atoms with Crippen molar-refractivity contribution in [1.29, 1.82) is 5.41 Å². The van der Waals surface area contributed by atoms with E-state index >= 15 is 4.39 Å². The summed E-state index contributed by atoms with van der Waals surface area (Å²) in [4.78, 5) is 32.4. The first-order chi connectivity index (χ1) is 19.6. The Morgan fingerprint density at radius 2 is 1.88 bits per heavy atom. The Hall–Kier alpha value is -5.34. The number of hydrogen-bond donors (Lipinski definition) is 5. The number of nitrogens with one attached hydrogen (secondary N) is 3. The second-order valence-electron chi connectivity index (χ2n) is 8.16. The third-order valence-electron chi connectivity index (χ3n) is 5.15. The number of nitrogens with two attached hydrogens (primary N) is 1. The van der Waals surface area contributed by atoms with Gasteiger partial charge in [0.2, 0.25) is 0 Å². The van der Waals surface area contributed by atoms with Crippen LogP contribution in [-0.2, 0) is 4.79 Å². The number of anilines is 1. The zero-order valence-corrected chi connectivity index (χ0v) is 22.1. The molecule has 1 atom stereocenters. The minimum absolute atomic E-state index is 0.0188. The average molecular weight is 571 g/mol. The lowest BCUT2D eigenvalue weighted by molar-refractivity contribution is -0.134. The fraction of sp³-hybridized carbons (Fsp3) is 0.231. The van der Waals surface area contributed by atoms with Gasteiger partial charge in [-0.05, 0) is 43.3 Å². The highest BCUT2D eigenvalue weighted by molar-refractivity contribution is 5.95. The Labute approximate surface area is 232 Å². The molecule has 4 rings (SSSR count). The summed E-state index contributed by atoms with van der Waals surface area (Å²) in [6, 6.07) is 9.75. The molecule has 1 unspecified atom stereocenters. The van der Waals surface area contributed by atoms with E-state index in [1.54, 1.807) is 37.3 Å². The molecule has 216 valence electrons. The molecule has 0 radical (unpaired) electrons. The highest BCUT2D eigenvalue weighted by atomic mass is 19.1. The minimum Gasteiger partial charge on any atom is -0.491 e. The molecular weight excluding hydrogens is 542 g/mol. The lowest BCUT2D eigenvalue weighted by Crippen LogP contribution is -2.18. The molecule has 0 aliphatic carbocycles. The monoisotopic (exact) mass is 570 g/mol. The summed E-state index contributed by atoms with van der Waals surface area (Å²) in [6.45, 7) is 1.97. The van der Waals surface area contributed by atoms with E-state index in [0.717, 1.165) is 11.6 Å². The Balaban J connectivity index is 0.00000108. The van der Waals surface area contributed by atoms with Crippen LogP contribution in [0.15, 0.2) is 59.7 Å². The van der Waals surface area contributed by atoms with Crippen LogP contribution in [0.2, 0.25) is 0 Å². The minimum atomic E-state index is -1.06. The summed E-state index contributed by atoms with van der Waals surface area (Å²) in [5.74, 6) is -1.55. The number of amidine groups is 1. The number of carbonyl (C=O) groups is 1. The van der Waals surface area contributed by atoms with Crippen molar-refractivity contribution in [2.24, 2.45) is 5.73 Å². The normalized spacial score (nSPS) is 11.1. The van der Waals surface area contributed by atoms with Gasteiger partial charge in [0.1, 0.15) is 30.9 Å². The van der Waals surface area contributed by atoms with Gasteiger partial charge in [0.15, 0.2) is 17.4 Å². The van der Waals surface area contributed by atoms with E-state index in [1.807, 2.05) is 0 Å². The van der Waals surface area contributed by atoms with Crippen molar-refractivity contribution in [3.8, 4) is 17.4 Å². The van der Waals surface area contributed by atoms with Crippen LogP contribution in [0.4, 0.5) is 14.5 Å². The number of H-pyrrole nitrogens is 1. The number of alkyl halides is 1. The molecular formula is C26H28F2N8O5. The van der Waals surface area contributed by atoms with Gasteiger partial charge in [0, 0.05) is 42.2 Å². The van der Waals surface area contributed by atoms with E-state index in [0.29, 0.717) is 11.3 Å². The molecule has 0 amide bonds. The number of aromatic nitrogens is 5. The molecule has 0 aliphatic heterocycles. The molecule has 4 aromatic rings. The molecule has 2 heterocycles. The number of aliphatic carboxylic acids is 1. The molecule has 15 heteroatoms. The molecule has 6 N–H and O–H groups in total. The third-order valence-corrected chi connectivity index (χ3v) is 5.15. The number of nitrogens with zero attached hydrogens (tertiary/aromatic N) is 4. The molecule has 2 aromatic heterocycles. The van der Waals surface area contributed by atoms with Gasteiger partial charge >= 0.3 is 5.69 Å². The summed E-state index contributed by atoms with van der Waals surface area (Å²) < 4.78 is 40.3. The topological polar surface area (TPSA) is 194 Å². The van der Waals surface area contributed by atoms with Crippen molar-refractivity contribution in [2.75, 3.05) is 25.2 Å². The van der Waals surface area contributed by atoms with Crippen LogP contribution in [0.1, 0.15) is 36.8 Å². The number of rotatable bonds is 11. The van der Waals surface area contributed by atoms with E-state index < -0.39 is 30.2 Å². The van der Waals surface area contributed by atoms with Gasteiger partial charge in [0.05, 0.1) is 6.61 Å². The second kappa shape index (κ2) is 14.2. The zero-order valence-electron chi connectivity index (χ0n) is 22.1. The first-order valence-corrected chi connectivity index (χ1v) is 12.2. The van der Waals surface area contributed by atoms with Crippen LogP contribution >= 0.6 is 0 Å². The predicted octanol–water partition coefficient (Wildman–Crippen LogP) is 2.81. The summed E-state index contributed by atoms with van der Waals surface area (Å²) >= 11 is 0. The Morgan fingerprint density at radius 3 is 2.46 bits per heavy atom. The standard InChI is InChI=1S/C24H24F2N8O3.C2H4O2/c1-2-36-18-13-16(37-11-8-25)12-17(19(18)26)20(31-15-6-4-14(5-7-15)21(27)28)22-32-24(35)34(33-22)23-29-9-3-10-30-23;1-2(3)4/h3-7,9-10,12-13,20,31H,2,8,11H2,1H3,(H3,27,28)(H,32,33,35);1H3,(H,3,4). The van der Waals surface area contributed by atoms with Gasteiger partial charge in [-0.1, -0.05) is 0 Å². The number of carboxylic acid groups (broad SMARTS) is 1. The number of aromatic amines is 1. The SMILES string of the molecule is CC(=O)O.CCOc1cc(OCCF)cc(C(Nc2ccc(C(=N)N)cc2)c2nn(-c3ncccn3)c(=O)[nH]2)c1F. The fourth-order valence-corrected chi connectivity index (χ4v) is 3.52. The third kappa shape index (κ3) is 8.08. The molecule has 0 bridgehead atoms. The highest BCUT2D eigenvalue weighted by Gasteiger charge is 2.27. The Morgan fingerprint density at radius 1 is 1.22 bits per heavy atom. The van der Waals surface area contributed by atoms with Crippen LogP contribution in [-0.4, -0.2) is 61.5 Å². The van der Waals surface area contributed by atoms with Crippen molar-refractivity contribution in [3.05, 3.63) is 88.1 Å². The van der Waals surface area contributed by atoms with Gasteiger partial charge in [-0.3, -0.25) is 15.2 Å². The fourth-order valence-electron chi connectivity index (χ4n) is 3.52. The Kier molecular flexibility index (Phi) is 10.4. The van der Waals surface area contributed by atoms with Crippen LogP contribution in [0, 0.1) is 11.2 Å². The van der Waals surface area contributed by atoms with Crippen LogP contribution < -0.4 is 26.2 Å². The van der Waals surface area contributed by atoms with Crippen LogP contribution in [0.5, 0.6) is 11.5 Å². The van der Waals surface area contributed by atoms with Crippen molar-refractivity contribution < 1.29 is 28.2 Å². The van der Waals surface area contributed by atoms with Crippen molar-refractivity contribution in [1.82, 2.24) is 24.7 Å². The highest BCUT2D eigenvalue weighted by Crippen LogP contribution is 2.35. The molecule has 0 aliphatic rings. The average Bonchev–Trinajstić information content (AvgIpc) is 3.34. The van der Waals surface area contributed by atoms with Gasteiger partial charge in [-0.15, -0.1) is 9.78 Å². The van der Waals surface area contributed by atoms with E-state index in [1.165, 1.54) is 24.5 Å². The van der Waals surface area contributed by atoms with E-state index in [2.05, 4.69) is 25.4 Å². The quantitative estimate of drug-likeness (QED) is 0.132.